The lowest BCUT2D eigenvalue weighted by molar-refractivity contribution is 0.102. The SMILES string of the molecule is O=C(c1ccccc1)c1cc(Cl)ccc1NC(=O)c1cn2c3c(cccc3c1=O)CC2. The van der Waals surface area contributed by atoms with Crippen LogP contribution in [-0.4, -0.2) is 16.3 Å². The monoisotopic (exact) mass is 428 g/mol. The number of carbonyl (C=O) groups excluding carboxylic acids is 2. The maximum absolute atomic E-state index is 13.1. The van der Waals surface area contributed by atoms with E-state index in [1.165, 1.54) is 6.07 Å². The van der Waals surface area contributed by atoms with Crippen molar-refractivity contribution >= 4 is 39.9 Å². The van der Waals surface area contributed by atoms with Gasteiger partial charge >= 0.3 is 0 Å². The Bertz CT molecular complexity index is 1420. The summed E-state index contributed by atoms with van der Waals surface area (Å²) in [5.74, 6) is -0.825. The van der Waals surface area contributed by atoms with Crippen molar-refractivity contribution in [3.63, 3.8) is 0 Å². The molecular formula is C25H17ClN2O3. The van der Waals surface area contributed by atoms with E-state index >= 15 is 0 Å². The van der Waals surface area contributed by atoms with Gasteiger partial charge in [0.05, 0.1) is 11.2 Å². The third-order valence-electron chi connectivity index (χ3n) is 5.56. The third kappa shape index (κ3) is 3.33. The highest BCUT2D eigenvalue weighted by molar-refractivity contribution is 6.31. The zero-order valence-electron chi connectivity index (χ0n) is 16.4. The molecule has 5 nitrogen and oxygen atoms in total. The van der Waals surface area contributed by atoms with Crippen molar-refractivity contribution in [2.45, 2.75) is 13.0 Å². The molecule has 6 heteroatoms. The molecule has 5 rings (SSSR count). The number of carbonyl (C=O) groups is 2. The number of hydrogen-bond donors (Lipinski definition) is 1. The van der Waals surface area contributed by atoms with Crippen LogP contribution in [0.15, 0.2) is 77.7 Å². The molecule has 1 amide bonds. The predicted molar refractivity (Wildman–Crippen MR) is 121 cm³/mol. The Balaban J connectivity index is 1.55. The van der Waals surface area contributed by atoms with E-state index in [9.17, 15) is 14.4 Å². The standard InChI is InChI=1S/C25H17ClN2O3/c26-17-9-10-21(19(13-17)23(29)16-5-2-1-3-6-16)27-25(31)20-14-28-12-11-15-7-4-8-18(22(15)28)24(20)30/h1-10,13-14H,11-12H2,(H,27,31). The number of halogens is 1. The summed E-state index contributed by atoms with van der Waals surface area (Å²) in [6.45, 7) is 0.717. The molecule has 0 unspecified atom stereocenters. The van der Waals surface area contributed by atoms with Gasteiger partial charge in [0.1, 0.15) is 5.56 Å². The molecule has 1 aromatic heterocycles. The Morgan fingerprint density at radius 1 is 0.935 bits per heavy atom. The van der Waals surface area contributed by atoms with Crippen LogP contribution in [0.3, 0.4) is 0 Å². The molecular weight excluding hydrogens is 412 g/mol. The van der Waals surface area contributed by atoms with Gasteiger partial charge in [0.2, 0.25) is 5.43 Å². The number of aryl methyl sites for hydroxylation is 2. The van der Waals surface area contributed by atoms with Gasteiger partial charge in [-0.3, -0.25) is 14.4 Å². The van der Waals surface area contributed by atoms with E-state index in [2.05, 4.69) is 5.32 Å². The summed E-state index contributed by atoms with van der Waals surface area (Å²) in [5.41, 5.74) is 2.76. The van der Waals surface area contributed by atoms with E-state index in [-0.39, 0.29) is 22.3 Å². The molecule has 1 N–H and O–H groups in total. The van der Waals surface area contributed by atoms with Crippen LogP contribution in [0.2, 0.25) is 5.02 Å². The second-order valence-electron chi connectivity index (χ2n) is 7.47. The van der Waals surface area contributed by atoms with Gasteiger partial charge < -0.3 is 9.88 Å². The fraction of sp³-hybridized carbons (Fsp3) is 0.0800. The topological polar surface area (TPSA) is 68.2 Å². The van der Waals surface area contributed by atoms with Crippen molar-refractivity contribution in [1.29, 1.82) is 0 Å². The number of nitrogens with one attached hydrogen (secondary N) is 1. The van der Waals surface area contributed by atoms with Gasteiger partial charge in [-0.25, -0.2) is 0 Å². The van der Waals surface area contributed by atoms with Crippen LogP contribution in [0.5, 0.6) is 0 Å². The van der Waals surface area contributed by atoms with E-state index in [1.807, 2.05) is 22.8 Å². The minimum absolute atomic E-state index is 0.0413. The summed E-state index contributed by atoms with van der Waals surface area (Å²) in [7, 11) is 0. The molecule has 31 heavy (non-hydrogen) atoms. The highest BCUT2D eigenvalue weighted by Gasteiger charge is 2.22. The van der Waals surface area contributed by atoms with Gasteiger partial charge in [-0.1, -0.05) is 54.1 Å². The Labute approximate surface area is 182 Å². The van der Waals surface area contributed by atoms with Crippen molar-refractivity contribution < 1.29 is 9.59 Å². The summed E-state index contributed by atoms with van der Waals surface area (Å²) in [6.07, 6.45) is 2.43. The summed E-state index contributed by atoms with van der Waals surface area (Å²) in [5, 5.41) is 3.65. The molecule has 0 atom stereocenters. The van der Waals surface area contributed by atoms with Gasteiger partial charge in [-0.2, -0.15) is 0 Å². The maximum Gasteiger partial charge on any atom is 0.261 e. The number of pyridine rings is 1. The molecule has 2 heterocycles. The van der Waals surface area contributed by atoms with Crippen molar-refractivity contribution in [1.82, 2.24) is 4.57 Å². The van der Waals surface area contributed by atoms with Crippen LogP contribution in [0.25, 0.3) is 10.9 Å². The summed E-state index contributed by atoms with van der Waals surface area (Å²) in [4.78, 5) is 39.1. The van der Waals surface area contributed by atoms with E-state index in [0.717, 1.165) is 24.0 Å². The van der Waals surface area contributed by atoms with Crippen LogP contribution in [0.4, 0.5) is 5.69 Å². The van der Waals surface area contributed by atoms with Crippen LogP contribution < -0.4 is 10.7 Å². The molecule has 0 saturated carbocycles. The van der Waals surface area contributed by atoms with Crippen molar-refractivity contribution in [2.24, 2.45) is 0 Å². The second-order valence-corrected chi connectivity index (χ2v) is 7.90. The van der Waals surface area contributed by atoms with Gasteiger partial charge in [0, 0.05) is 34.3 Å². The zero-order chi connectivity index (χ0) is 21.5. The smallest absolute Gasteiger partial charge is 0.261 e. The number of para-hydroxylation sites is 1. The molecule has 0 spiro atoms. The Morgan fingerprint density at radius 3 is 2.55 bits per heavy atom. The number of ketones is 1. The first-order chi connectivity index (χ1) is 15.0. The number of hydrogen-bond acceptors (Lipinski definition) is 3. The van der Waals surface area contributed by atoms with E-state index in [0.29, 0.717) is 21.7 Å². The lowest BCUT2D eigenvalue weighted by Crippen LogP contribution is -2.24. The quantitative estimate of drug-likeness (QED) is 0.479. The molecule has 0 bridgehead atoms. The average Bonchev–Trinajstić information content (AvgIpc) is 3.21. The molecule has 3 aromatic carbocycles. The maximum atomic E-state index is 13.1. The average molecular weight is 429 g/mol. The predicted octanol–water partition coefficient (Wildman–Crippen LogP) is 4.69. The first kappa shape index (κ1) is 19.3. The lowest BCUT2D eigenvalue weighted by Gasteiger charge is -2.12. The van der Waals surface area contributed by atoms with Crippen LogP contribution in [-0.2, 0) is 13.0 Å². The number of benzene rings is 3. The molecule has 152 valence electrons. The minimum atomic E-state index is -0.558. The number of rotatable bonds is 4. The minimum Gasteiger partial charge on any atom is -0.346 e. The second kappa shape index (κ2) is 7.52. The van der Waals surface area contributed by atoms with E-state index in [1.54, 1.807) is 48.7 Å². The van der Waals surface area contributed by atoms with Crippen molar-refractivity contribution in [3.05, 3.63) is 110 Å². The van der Waals surface area contributed by atoms with Gasteiger partial charge in [-0.05, 0) is 36.2 Å². The molecule has 0 fully saturated rings. The number of nitrogens with zero attached hydrogens (tertiary/aromatic N) is 1. The van der Waals surface area contributed by atoms with Crippen LogP contribution in [0.1, 0.15) is 31.8 Å². The fourth-order valence-corrected chi connectivity index (χ4v) is 4.24. The Morgan fingerprint density at radius 2 is 1.74 bits per heavy atom. The molecule has 0 saturated heterocycles. The lowest BCUT2D eigenvalue weighted by atomic mass is 10.0. The molecule has 0 radical (unpaired) electrons. The normalized spacial score (nSPS) is 12.2. The highest BCUT2D eigenvalue weighted by Crippen LogP contribution is 2.26. The van der Waals surface area contributed by atoms with E-state index < -0.39 is 5.91 Å². The molecule has 4 aromatic rings. The van der Waals surface area contributed by atoms with Crippen LogP contribution in [0, 0.1) is 0 Å². The highest BCUT2D eigenvalue weighted by atomic mass is 35.5. The van der Waals surface area contributed by atoms with Gasteiger partial charge in [0.15, 0.2) is 5.78 Å². The first-order valence-corrected chi connectivity index (χ1v) is 10.3. The third-order valence-corrected chi connectivity index (χ3v) is 5.79. The fourth-order valence-electron chi connectivity index (χ4n) is 4.07. The van der Waals surface area contributed by atoms with Crippen molar-refractivity contribution in [3.8, 4) is 0 Å². The van der Waals surface area contributed by atoms with Crippen molar-refractivity contribution in [2.75, 3.05) is 5.32 Å². The Kier molecular flexibility index (Phi) is 4.68. The number of aromatic nitrogens is 1. The zero-order valence-corrected chi connectivity index (χ0v) is 17.1. The number of anilines is 1. The van der Waals surface area contributed by atoms with E-state index in [4.69, 9.17) is 11.6 Å². The summed E-state index contributed by atoms with van der Waals surface area (Å²) >= 11 is 6.12. The summed E-state index contributed by atoms with van der Waals surface area (Å²) < 4.78 is 1.94. The van der Waals surface area contributed by atoms with Gasteiger partial charge in [-0.15, -0.1) is 0 Å². The van der Waals surface area contributed by atoms with Gasteiger partial charge in [0.25, 0.3) is 5.91 Å². The largest absolute Gasteiger partial charge is 0.346 e. The molecule has 0 aliphatic carbocycles. The Hall–Kier alpha value is -3.70. The molecule has 1 aliphatic heterocycles. The molecule has 1 aliphatic rings. The van der Waals surface area contributed by atoms with Crippen LogP contribution >= 0.6 is 11.6 Å². The first-order valence-electron chi connectivity index (χ1n) is 9.88. The summed E-state index contributed by atoms with van der Waals surface area (Å²) in [6, 6.07) is 19.0. The number of amides is 1.